The van der Waals surface area contributed by atoms with Gasteiger partial charge in [0.1, 0.15) is 0 Å². The number of nitrogens with one attached hydrogen (secondary N) is 1. The highest BCUT2D eigenvalue weighted by molar-refractivity contribution is 7.22. The van der Waals surface area contributed by atoms with Crippen LogP contribution in [0.1, 0.15) is 31.1 Å². The molecule has 0 radical (unpaired) electrons. The Morgan fingerprint density at radius 2 is 1.88 bits per heavy atom. The van der Waals surface area contributed by atoms with Crippen LogP contribution in [0, 0.1) is 0 Å². The minimum Gasteiger partial charge on any atom is -0.375 e. The molecule has 3 N–H and O–H groups in total. The van der Waals surface area contributed by atoms with Crippen LogP contribution in [0.4, 0.5) is 5.13 Å². The van der Waals surface area contributed by atoms with Crippen molar-refractivity contribution in [3.8, 4) is 11.1 Å². The van der Waals surface area contributed by atoms with Gasteiger partial charge in [-0.15, -0.1) is 0 Å². The third-order valence-corrected chi connectivity index (χ3v) is 5.19. The second-order valence-corrected chi connectivity index (χ2v) is 8.54. The number of fused-ring (bicyclic) bond motifs is 1. The Balaban J connectivity index is 2.26. The maximum atomic E-state index is 12.9. The molecule has 2 aromatic carbocycles. The van der Waals surface area contributed by atoms with Crippen LogP contribution in [-0.2, 0) is 0 Å². The van der Waals surface area contributed by atoms with E-state index in [2.05, 4.69) is 10.3 Å². The second-order valence-electron chi connectivity index (χ2n) is 6.69. The monoisotopic (exact) mass is 393 g/mol. The summed E-state index contributed by atoms with van der Waals surface area (Å²) in [6.45, 7) is 5.72. The Morgan fingerprint density at radius 3 is 2.56 bits per heavy atom. The molecule has 1 heterocycles. The summed E-state index contributed by atoms with van der Waals surface area (Å²) in [6.07, 6.45) is 0. The second kappa shape index (κ2) is 6.48. The van der Waals surface area contributed by atoms with Gasteiger partial charge in [0.2, 0.25) is 0 Å². The summed E-state index contributed by atoms with van der Waals surface area (Å²) < 4.78 is 0.947. The molecule has 25 heavy (non-hydrogen) atoms. The number of nitrogen functional groups attached to an aromatic ring is 1. The number of para-hydroxylation sites is 1. The predicted octanol–water partition coefficient (Wildman–Crippen LogP) is 5.38. The summed E-state index contributed by atoms with van der Waals surface area (Å²) in [5.74, 6) is -0.282. The largest absolute Gasteiger partial charge is 0.375 e. The van der Waals surface area contributed by atoms with E-state index in [1.165, 1.54) is 11.3 Å². The number of carbonyl (C=O) groups is 1. The van der Waals surface area contributed by atoms with Gasteiger partial charge in [0.15, 0.2) is 5.13 Å². The van der Waals surface area contributed by atoms with E-state index in [-0.39, 0.29) is 10.9 Å². The van der Waals surface area contributed by atoms with E-state index in [1.807, 2.05) is 39.0 Å². The standard InChI is InChI=1S/C18H17Cl2N3OS/c1-18(2,3)23-16(24)13-9(7-8-11(19)14(13)20)10-5-4-6-12-15(10)22-17(21)25-12/h4-8H,1-3H3,(H2,21,22)(H,23,24). The molecule has 0 aliphatic rings. The molecule has 0 aliphatic carbocycles. The SMILES string of the molecule is CC(C)(C)NC(=O)c1c(-c2cccc3sc(N)nc23)ccc(Cl)c1Cl. The van der Waals surface area contributed by atoms with Crippen molar-refractivity contribution in [3.63, 3.8) is 0 Å². The zero-order valence-corrected chi connectivity index (χ0v) is 16.3. The Morgan fingerprint density at radius 1 is 1.16 bits per heavy atom. The van der Waals surface area contributed by atoms with Gasteiger partial charge in [-0.25, -0.2) is 4.98 Å². The molecular formula is C18H17Cl2N3OS. The summed E-state index contributed by atoms with van der Waals surface area (Å²) >= 11 is 14.0. The third-order valence-electron chi connectivity index (χ3n) is 3.54. The van der Waals surface area contributed by atoms with Crippen molar-refractivity contribution in [3.05, 3.63) is 45.9 Å². The number of nitrogens with zero attached hydrogens (tertiary/aromatic N) is 1. The average Bonchev–Trinajstić information content (AvgIpc) is 2.88. The van der Waals surface area contributed by atoms with E-state index in [0.717, 1.165) is 15.8 Å². The first-order chi connectivity index (χ1) is 11.7. The molecule has 1 aromatic heterocycles. The van der Waals surface area contributed by atoms with Crippen LogP contribution in [0.3, 0.4) is 0 Å². The summed E-state index contributed by atoms with van der Waals surface area (Å²) in [6, 6.07) is 9.22. The fraction of sp³-hybridized carbons (Fsp3) is 0.222. The van der Waals surface area contributed by atoms with Crippen molar-refractivity contribution < 1.29 is 4.79 Å². The van der Waals surface area contributed by atoms with Gasteiger partial charge < -0.3 is 11.1 Å². The van der Waals surface area contributed by atoms with Gasteiger partial charge in [0.25, 0.3) is 5.91 Å². The van der Waals surface area contributed by atoms with Crippen molar-refractivity contribution in [2.75, 3.05) is 5.73 Å². The summed E-state index contributed by atoms with van der Waals surface area (Å²) in [5, 5.41) is 3.97. The quantitative estimate of drug-likeness (QED) is 0.613. The van der Waals surface area contributed by atoms with Crippen LogP contribution < -0.4 is 11.1 Å². The smallest absolute Gasteiger partial charge is 0.253 e. The predicted molar refractivity (Wildman–Crippen MR) is 107 cm³/mol. The molecule has 3 rings (SSSR count). The molecule has 4 nitrogen and oxygen atoms in total. The lowest BCUT2D eigenvalue weighted by Gasteiger charge is -2.22. The number of rotatable bonds is 2. The van der Waals surface area contributed by atoms with Crippen LogP contribution in [0.2, 0.25) is 10.0 Å². The number of carbonyl (C=O) groups excluding carboxylic acids is 1. The Bertz CT molecular complexity index is 976. The molecular weight excluding hydrogens is 377 g/mol. The molecule has 0 bridgehead atoms. The fourth-order valence-corrected chi connectivity index (χ4v) is 3.75. The minimum absolute atomic E-state index is 0.223. The number of hydrogen-bond acceptors (Lipinski definition) is 4. The number of thiazole rings is 1. The normalized spacial score (nSPS) is 11.7. The van der Waals surface area contributed by atoms with Crippen molar-refractivity contribution in [2.24, 2.45) is 0 Å². The van der Waals surface area contributed by atoms with Crippen molar-refractivity contribution >= 4 is 55.8 Å². The van der Waals surface area contributed by atoms with Gasteiger partial charge >= 0.3 is 0 Å². The van der Waals surface area contributed by atoms with Crippen LogP contribution in [-0.4, -0.2) is 16.4 Å². The Hall–Kier alpha value is -1.82. The number of halogens is 2. The maximum absolute atomic E-state index is 12.9. The molecule has 0 spiro atoms. The maximum Gasteiger partial charge on any atom is 0.253 e. The number of amides is 1. The van der Waals surface area contributed by atoms with E-state index in [9.17, 15) is 4.79 Å². The first kappa shape index (κ1) is 18.0. The summed E-state index contributed by atoms with van der Waals surface area (Å²) in [4.78, 5) is 17.3. The highest BCUT2D eigenvalue weighted by Gasteiger charge is 2.24. The van der Waals surface area contributed by atoms with Crippen LogP contribution in [0.5, 0.6) is 0 Å². The van der Waals surface area contributed by atoms with Gasteiger partial charge in [-0.1, -0.05) is 52.7 Å². The number of anilines is 1. The first-order valence-electron chi connectivity index (χ1n) is 7.63. The number of nitrogens with two attached hydrogens (primary N) is 1. The Kier molecular flexibility index (Phi) is 4.66. The molecule has 1 amide bonds. The summed E-state index contributed by atoms with van der Waals surface area (Å²) in [7, 11) is 0. The molecule has 0 unspecified atom stereocenters. The van der Waals surface area contributed by atoms with E-state index in [1.54, 1.807) is 12.1 Å². The van der Waals surface area contributed by atoms with E-state index >= 15 is 0 Å². The van der Waals surface area contributed by atoms with Crippen molar-refractivity contribution in [2.45, 2.75) is 26.3 Å². The lowest BCUT2D eigenvalue weighted by atomic mass is 9.97. The van der Waals surface area contributed by atoms with Crippen LogP contribution in [0.15, 0.2) is 30.3 Å². The molecule has 0 saturated carbocycles. The molecule has 0 aliphatic heterocycles. The zero-order valence-electron chi connectivity index (χ0n) is 14.0. The molecule has 0 saturated heterocycles. The first-order valence-corrected chi connectivity index (χ1v) is 9.20. The number of hydrogen-bond donors (Lipinski definition) is 2. The van der Waals surface area contributed by atoms with Gasteiger partial charge in [-0.2, -0.15) is 0 Å². The number of aromatic nitrogens is 1. The van der Waals surface area contributed by atoms with Gasteiger partial charge in [-0.3, -0.25) is 4.79 Å². The molecule has 0 fully saturated rings. The zero-order chi connectivity index (χ0) is 18.4. The minimum atomic E-state index is -0.406. The highest BCUT2D eigenvalue weighted by atomic mass is 35.5. The highest BCUT2D eigenvalue weighted by Crippen LogP contribution is 2.38. The molecule has 3 aromatic rings. The van der Waals surface area contributed by atoms with Gasteiger partial charge in [-0.05, 0) is 38.5 Å². The van der Waals surface area contributed by atoms with Crippen LogP contribution >= 0.6 is 34.5 Å². The molecule has 0 atom stereocenters. The lowest BCUT2D eigenvalue weighted by molar-refractivity contribution is 0.0920. The van der Waals surface area contributed by atoms with Crippen molar-refractivity contribution in [1.82, 2.24) is 10.3 Å². The topological polar surface area (TPSA) is 68.0 Å². The van der Waals surface area contributed by atoms with Gasteiger partial charge in [0.05, 0.1) is 25.8 Å². The number of benzene rings is 2. The Labute approximate surface area is 160 Å². The van der Waals surface area contributed by atoms with E-state index in [4.69, 9.17) is 28.9 Å². The van der Waals surface area contributed by atoms with E-state index < -0.39 is 5.54 Å². The van der Waals surface area contributed by atoms with E-state index in [0.29, 0.717) is 21.3 Å². The lowest BCUT2D eigenvalue weighted by Crippen LogP contribution is -2.40. The third kappa shape index (κ3) is 3.59. The molecule has 7 heteroatoms. The summed E-state index contributed by atoms with van der Waals surface area (Å²) in [5.41, 5.74) is 8.00. The van der Waals surface area contributed by atoms with Crippen LogP contribution in [0.25, 0.3) is 21.3 Å². The average molecular weight is 394 g/mol. The van der Waals surface area contributed by atoms with Crippen molar-refractivity contribution in [1.29, 1.82) is 0 Å². The fourth-order valence-electron chi connectivity index (χ4n) is 2.58. The molecule has 130 valence electrons. The van der Waals surface area contributed by atoms with Gasteiger partial charge in [0, 0.05) is 11.1 Å².